The molecule has 0 aliphatic carbocycles. The fourth-order valence-electron chi connectivity index (χ4n) is 2.78. The van der Waals surface area contributed by atoms with E-state index >= 15 is 0 Å². The molecule has 2 rings (SSSR count). The summed E-state index contributed by atoms with van der Waals surface area (Å²) in [5.41, 5.74) is 3.05. The molecule has 1 fully saturated rings. The van der Waals surface area contributed by atoms with E-state index in [9.17, 15) is 0 Å². The van der Waals surface area contributed by atoms with Gasteiger partial charge >= 0.3 is 0 Å². The molecule has 1 aromatic carbocycles. The van der Waals surface area contributed by atoms with Crippen molar-refractivity contribution in [1.29, 1.82) is 0 Å². The molecule has 2 nitrogen and oxygen atoms in total. The van der Waals surface area contributed by atoms with E-state index in [-0.39, 0.29) is 5.41 Å². The van der Waals surface area contributed by atoms with Crippen molar-refractivity contribution in [3.8, 4) is 0 Å². The zero-order chi connectivity index (χ0) is 13.7. The van der Waals surface area contributed by atoms with Gasteiger partial charge in [0.05, 0.1) is 0 Å². The number of benzene rings is 1. The molecule has 1 unspecified atom stereocenters. The van der Waals surface area contributed by atoms with Crippen molar-refractivity contribution >= 4 is 0 Å². The Labute approximate surface area is 118 Å². The minimum Gasteiger partial charge on any atom is -0.314 e. The average molecular weight is 260 g/mol. The zero-order valence-corrected chi connectivity index (χ0v) is 12.6. The minimum absolute atomic E-state index is 0.199. The topological polar surface area (TPSA) is 24.1 Å². The van der Waals surface area contributed by atoms with Crippen LogP contribution in [0.3, 0.4) is 0 Å². The van der Waals surface area contributed by atoms with Gasteiger partial charge in [-0.3, -0.25) is 0 Å². The highest BCUT2D eigenvalue weighted by atomic mass is 15.0. The Morgan fingerprint density at radius 3 is 2.58 bits per heavy atom. The second-order valence-electron chi connectivity index (χ2n) is 6.36. The van der Waals surface area contributed by atoms with Gasteiger partial charge in [-0.2, -0.15) is 0 Å². The number of aryl methyl sites for hydroxylation is 1. The third-order valence-electron chi connectivity index (χ3n) is 4.26. The predicted octanol–water partition coefficient (Wildman–Crippen LogP) is 2.87. The van der Waals surface area contributed by atoms with Crippen molar-refractivity contribution in [3.63, 3.8) is 0 Å². The largest absolute Gasteiger partial charge is 0.314 e. The lowest BCUT2D eigenvalue weighted by atomic mass is 9.84. The van der Waals surface area contributed by atoms with Gasteiger partial charge in [0.25, 0.3) is 0 Å². The molecule has 1 atom stereocenters. The van der Waals surface area contributed by atoms with Crippen molar-refractivity contribution in [2.45, 2.75) is 51.5 Å². The van der Waals surface area contributed by atoms with Gasteiger partial charge in [0.15, 0.2) is 0 Å². The molecule has 1 aliphatic heterocycles. The summed E-state index contributed by atoms with van der Waals surface area (Å²) in [6.45, 7) is 10.2. The molecule has 0 amide bonds. The van der Waals surface area contributed by atoms with Gasteiger partial charge in [-0.1, -0.05) is 45.0 Å². The third-order valence-corrected chi connectivity index (χ3v) is 4.26. The van der Waals surface area contributed by atoms with Crippen LogP contribution in [-0.4, -0.2) is 25.7 Å². The molecule has 2 N–H and O–H groups in total. The SMILES string of the molecule is CCc1ccc(C(C)(C)CNCC2CCCN2)cc1. The van der Waals surface area contributed by atoms with Gasteiger partial charge in [-0.05, 0) is 36.9 Å². The maximum Gasteiger partial charge on any atom is 0.0192 e. The fourth-order valence-corrected chi connectivity index (χ4v) is 2.78. The Balaban J connectivity index is 1.85. The highest BCUT2D eigenvalue weighted by Gasteiger charge is 2.21. The minimum atomic E-state index is 0.199. The third kappa shape index (κ3) is 4.05. The smallest absolute Gasteiger partial charge is 0.0192 e. The van der Waals surface area contributed by atoms with Crippen molar-refractivity contribution < 1.29 is 0 Å². The van der Waals surface area contributed by atoms with E-state index in [1.807, 2.05) is 0 Å². The monoisotopic (exact) mass is 260 g/mol. The van der Waals surface area contributed by atoms with Crippen LogP contribution >= 0.6 is 0 Å². The van der Waals surface area contributed by atoms with E-state index in [4.69, 9.17) is 0 Å². The van der Waals surface area contributed by atoms with Crippen LogP contribution in [0.15, 0.2) is 24.3 Å². The Kier molecular flexibility index (Phi) is 5.00. The summed E-state index contributed by atoms with van der Waals surface area (Å²) in [6, 6.07) is 9.77. The lowest BCUT2D eigenvalue weighted by Gasteiger charge is -2.27. The van der Waals surface area contributed by atoms with Crippen LogP contribution in [0.2, 0.25) is 0 Å². The number of rotatable bonds is 6. The first kappa shape index (κ1) is 14.5. The highest BCUT2D eigenvalue weighted by Crippen LogP contribution is 2.22. The van der Waals surface area contributed by atoms with Gasteiger partial charge in [0.2, 0.25) is 0 Å². The van der Waals surface area contributed by atoms with Crippen LogP contribution in [0, 0.1) is 0 Å². The van der Waals surface area contributed by atoms with Gasteiger partial charge < -0.3 is 10.6 Å². The Morgan fingerprint density at radius 2 is 2.00 bits per heavy atom. The molecule has 19 heavy (non-hydrogen) atoms. The summed E-state index contributed by atoms with van der Waals surface area (Å²) in [5, 5.41) is 7.17. The number of hydrogen-bond acceptors (Lipinski definition) is 2. The first-order chi connectivity index (χ1) is 9.12. The molecule has 1 aliphatic rings. The highest BCUT2D eigenvalue weighted by molar-refractivity contribution is 5.28. The van der Waals surface area contributed by atoms with E-state index in [1.165, 1.54) is 30.5 Å². The Morgan fingerprint density at radius 1 is 1.26 bits per heavy atom. The first-order valence-electron chi connectivity index (χ1n) is 7.65. The van der Waals surface area contributed by atoms with E-state index in [2.05, 4.69) is 55.7 Å². The molecule has 0 radical (unpaired) electrons. The normalized spacial score (nSPS) is 19.8. The Hall–Kier alpha value is -0.860. The molecule has 1 saturated heterocycles. The molecule has 0 bridgehead atoms. The van der Waals surface area contributed by atoms with Crippen molar-refractivity contribution in [3.05, 3.63) is 35.4 Å². The second kappa shape index (κ2) is 6.53. The van der Waals surface area contributed by atoms with E-state index < -0.39 is 0 Å². The van der Waals surface area contributed by atoms with Gasteiger partial charge in [0, 0.05) is 24.5 Å². The summed E-state index contributed by atoms with van der Waals surface area (Å²) in [7, 11) is 0. The lowest BCUT2D eigenvalue weighted by Crippen LogP contribution is -2.40. The maximum atomic E-state index is 3.63. The standard InChI is InChI=1S/C17H28N2/c1-4-14-7-9-15(10-8-14)17(2,3)13-18-12-16-6-5-11-19-16/h7-10,16,18-19H,4-6,11-13H2,1-3H3. The van der Waals surface area contributed by atoms with E-state index in [1.54, 1.807) is 0 Å². The van der Waals surface area contributed by atoms with Gasteiger partial charge in [0.1, 0.15) is 0 Å². The summed E-state index contributed by atoms with van der Waals surface area (Å²) in [5.74, 6) is 0. The molecule has 1 aromatic rings. The van der Waals surface area contributed by atoms with Gasteiger partial charge in [-0.25, -0.2) is 0 Å². The molecule has 106 valence electrons. The maximum absolute atomic E-state index is 3.63. The molecule has 0 saturated carbocycles. The molecular weight excluding hydrogens is 232 g/mol. The molecule has 1 heterocycles. The van der Waals surface area contributed by atoms with E-state index in [0.29, 0.717) is 6.04 Å². The second-order valence-corrected chi connectivity index (χ2v) is 6.36. The average Bonchev–Trinajstić information content (AvgIpc) is 2.92. The van der Waals surface area contributed by atoms with Crippen LogP contribution in [-0.2, 0) is 11.8 Å². The first-order valence-corrected chi connectivity index (χ1v) is 7.65. The Bertz CT molecular complexity index is 375. The number of hydrogen-bond donors (Lipinski definition) is 2. The van der Waals surface area contributed by atoms with Crippen LogP contribution in [0.5, 0.6) is 0 Å². The zero-order valence-electron chi connectivity index (χ0n) is 12.6. The quantitative estimate of drug-likeness (QED) is 0.822. The molecule has 2 heteroatoms. The summed E-state index contributed by atoms with van der Waals surface area (Å²) >= 11 is 0. The summed E-state index contributed by atoms with van der Waals surface area (Å²) in [6.07, 6.45) is 3.76. The summed E-state index contributed by atoms with van der Waals surface area (Å²) in [4.78, 5) is 0. The van der Waals surface area contributed by atoms with Crippen LogP contribution in [0.25, 0.3) is 0 Å². The molecule has 0 spiro atoms. The fraction of sp³-hybridized carbons (Fsp3) is 0.647. The number of nitrogens with one attached hydrogen (secondary N) is 2. The lowest BCUT2D eigenvalue weighted by molar-refractivity contribution is 0.442. The van der Waals surface area contributed by atoms with Crippen molar-refractivity contribution in [2.24, 2.45) is 0 Å². The molecule has 0 aromatic heterocycles. The van der Waals surface area contributed by atoms with E-state index in [0.717, 1.165) is 19.5 Å². The van der Waals surface area contributed by atoms with Crippen molar-refractivity contribution in [2.75, 3.05) is 19.6 Å². The van der Waals surface area contributed by atoms with Crippen LogP contribution in [0.4, 0.5) is 0 Å². The predicted molar refractivity (Wildman–Crippen MR) is 82.7 cm³/mol. The summed E-state index contributed by atoms with van der Waals surface area (Å²) < 4.78 is 0. The van der Waals surface area contributed by atoms with Crippen LogP contribution in [0.1, 0.15) is 44.7 Å². The molecular formula is C17H28N2. The van der Waals surface area contributed by atoms with Crippen molar-refractivity contribution in [1.82, 2.24) is 10.6 Å². The van der Waals surface area contributed by atoms with Crippen LogP contribution < -0.4 is 10.6 Å². The van der Waals surface area contributed by atoms with Gasteiger partial charge in [-0.15, -0.1) is 0 Å².